The first kappa shape index (κ1) is 11.6. The molecule has 5 nitrogen and oxygen atoms in total. The van der Waals surface area contributed by atoms with Crippen molar-refractivity contribution in [3.05, 3.63) is 23.5 Å². The number of carbonyl (C=O) groups excluding carboxylic acids is 2. The maximum atomic E-state index is 11.8. The van der Waals surface area contributed by atoms with Crippen LogP contribution in [0, 0.1) is 0 Å². The van der Waals surface area contributed by atoms with Crippen LogP contribution < -0.4 is 4.74 Å². The minimum Gasteiger partial charge on any atom is -0.490 e. The van der Waals surface area contributed by atoms with Crippen molar-refractivity contribution >= 4 is 12.2 Å². The van der Waals surface area contributed by atoms with Crippen LogP contribution in [0.5, 0.6) is 5.75 Å². The Morgan fingerprint density at radius 3 is 2.76 bits per heavy atom. The summed E-state index contributed by atoms with van der Waals surface area (Å²) in [7, 11) is 3.24. The molecule has 1 aromatic heterocycles. The van der Waals surface area contributed by atoms with Gasteiger partial charge in [-0.1, -0.05) is 0 Å². The SMILES string of the molecule is CN(C)C(=O)c1nccc(OC2CC2)c1C=O. The van der Waals surface area contributed by atoms with Gasteiger partial charge in [0.05, 0.1) is 11.7 Å². The molecule has 5 heteroatoms. The predicted molar refractivity (Wildman–Crippen MR) is 61.3 cm³/mol. The zero-order valence-electron chi connectivity index (χ0n) is 9.84. The summed E-state index contributed by atoms with van der Waals surface area (Å²) in [4.78, 5) is 28.3. The van der Waals surface area contributed by atoms with Gasteiger partial charge >= 0.3 is 0 Å². The molecule has 1 amide bonds. The highest BCUT2D eigenvalue weighted by Crippen LogP contribution is 2.29. The molecule has 1 heterocycles. The summed E-state index contributed by atoms with van der Waals surface area (Å²) in [6.45, 7) is 0. The Kier molecular flexibility index (Phi) is 3.08. The number of nitrogens with zero attached hydrogens (tertiary/aromatic N) is 2. The first-order valence-corrected chi connectivity index (χ1v) is 5.46. The first-order chi connectivity index (χ1) is 8.13. The van der Waals surface area contributed by atoms with Gasteiger partial charge in [0.25, 0.3) is 5.91 Å². The van der Waals surface area contributed by atoms with Crippen LogP contribution in [0.4, 0.5) is 0 Å². The van der Waals surface area contributed by atoms with E-state index in [2.05, 4.69) is 4.98 Å². The average molecular weight is 234 g/mol. The van der Waals surface area contributed by atoms with Gasteiger partial charge in [-0.15, -0.1) is 0 Å². The number of amides is 1. The molecule has 1 aliphatic rings. The molecule has 0 N–H and O–H groups in total. The summed E-state index contributed by atoms with van der Waals surface area (Å²) in [5.74, 6) is 0.149. The van der Waals surface area contributed by atoms with Gasteiger partial charge in [0.15, 0.2) is 6.29 Å². The summed E-state index contributed by atoms with van der Waals surface area (Å²) in [5, 5.41) is 0. The minimum absolute atomic E-state index is 0.142. The highest BCUT2D eigenvalue weighted by molar-refractivity contribution is 6.00. The molecule has 1 aliphatic carbocycles. The molecule has 1 fully saturated rings. The molecule has 0 spiro atoms. The first-order valence-electron chi connectivity index (χ1n) is 5.46. The second-order valence-electron chi connectivity index (χ2n) is 4.21. The number of hydrogen-bond acceptors (Lipinski definition) is 4. The zero-order chi connectivity index (χ0) is 12.4. The van der Waals surface area contributed by atoms with Gasteiger partial charge in [-0.25, -0.2) is 0 Å². The van der Waals surface area contributed by atoms with Crippen LogP contribution in [-0.2, 0) is 0 Å². The summed E-state index contributed by atoms with van der Waals surface area (Å²) >= 11 is 0. The van der Waals surface area contributed by atoms with E-state index in [0.717, 1.165) is 12.8 Å². The van der Waals surface area contributed by atoms with Gasteiger partial charge < -0.3 is 9.64 Å². The van der Waals surface area contributed by atoms with Crippen LogP contribution >= 0.6 is 0 Å². The highest BCUT2D eigenvalue weighted by Gasteiger charge is 2.26. The number of aromatic nitrogens is 1. The Morgan fingerprint density at radius 1 is 1.53 bits per heavy atom. The largest absolute Gasteiger partial charge is 0.490 e. The normalized spacial score (nSPS) is 14.2. The lowest BCUT2D eigenvalue weighted by atomic mass is 10.1. The van der Waals surface area contributed by atoms with Crippen molar-refractivity contribution in [2.45, 2.75) is 18.9 Å². The maximum absolute atomic E-state index is 11.8. The topological polar surface area (TPSA) is 59.5 Å². The smallest absolute Gasteiger partial charge is 0.272 e. The number of ether oxygens (including phenoxy) is 1. The molecule has 0 radical (unpaired) electrons. The standard InChI is InChI=1S/C12H14N2O3/c1-14(2)12(16)11-9(7-15)10(5-6-13-11)17-8-3-4-8/h5-8H,3-4H2,1-2H3. The van der Waals surface area contributed by atoms with Gasteiger partial charge in [-0.2, -0.15) is 0 Å². The van der Waals surface area contributed by atoms with Crippen LogP contribution in [0.15, 0.2) is 12.3 Å². The van der Waals surface area contributed by atoms with Crippen LogP contribution in [0.2, 0.25) is 0 Å². The lowest BCUT2D eigenvalue weighted by Gasteiger charge is -2.13. The van der Waals surface area contributed by atoms with Gasteiger partial charge in [-0.05, 0) is 18.9 Å². The van der Waals surface area contributed by atoms with Crippen LogP contribution in [0.1, 0.15) is 33.7 Å². The maximum Gasteiger partial charge on any atom is 0.272 e. The third-order valence-electron chi connectivity index (χ3n) is 2.49. The van der Waals surface area contributed by atoms with Crippen molar-refractivity contribution in [1.82, 2.24) is 9.88 Å². The van der Waals surface area contributed by atoms with E-state index in [1.165, 1.54) is 11.1 Å². The van der Waals surface area contributed by atoms with Crippen LogP contribution in [0.25, 0.3) is 0 Å². The van der Waals surface area contributed by atoms with E-state index in [4.69, 9.17) is 4.74 Å². The molecule has 0 bridgehead atoms. The van der Waals surface area contributed by atoms with Crippen molar-refractivity contribution in [2.24, 2.45) is 0 Å². The second-order valence-corrected chi connectivity index (χ2v) is 4.21. The quantitative estimate of drug-likeness (QED) is 0.733. The monoisotopic (exact) mass is 234 g/mol. The molecule has 0 aliphatic heterocycles. The fourth-order valence-electron chi connectivity index (χ4n) is 1.42. The van der Waals surface area contributed by atoms with E-state index in [-0.39, 0.29) is 23.3 Å². The molecule has 0 atom stereocenters. The van der Waals surface area contributed by atoms with Gasteiger partial charge in [-0.3, -0.25) is 14.6 Å². The molecular formula is C12H14N2O3. The highest BCUT2D eigenvalue weighted by atomic mass is 16.5. The van der Waals surface area contributed by atoms with Crippen molar-refractivity contribution < 1.29 is 14.3 Å². The molecule has 90 valence electrons. The summed E-state index contributed by atoms with van der Waals surface area (Å²) in [6.07, 6.45) is 4.29. The van der Waals surface area contributed by atoms with Gasteiger partial charge in [0.1, 0.15) is 11.4 Å². The Bertz CT molecular complexity index is 453. The Morgan fingerprint density at radius 2 is 2.24 bits per heavy atom. The summed E-state index contributed by atoms with van der Waals surface area (Å²) < 4.78 is 5.58. The van der Waals surface area contributed by atoms with Crippen LogP contribution in [-0.4, -0.2) is 42.3 Å². The van der Waals surface area contributed by atoms with Crippen molar-refractivity contribution in [3.63, 3.8) is 0 Å². The number of rotatable bonds is 4. The third-order valence-corrected chi connectivity index (χ3v) is 2.49. The van der Waals surface area contributed by atoms with E-state index in [0.29, 0.717) is 12.0 Å². The molecule has 0 aromatic carbocycles. The van der Waals surface area contributed by atoms with Gasteiger partial charge in [0, 0.05) is 20.3 Å². The minimum atomic E-state index is -0.298. The molecule has 1 saturated carbocycles. The number of hydrogen-bond donors (Lipinski definition) is 0. The molecule has 0 unspecified atom stereocenters. The molecule has 2 rings (SSSR count). The summed E-state index contributed by atoms with van der Waals surface area (Å²) in [6, 6.07) is 1.62. The fraction of sp³-hybridized carbons (Fsp3) is 0.417. The third kappa shape index (κ3) is 2.43. The van der Waals surface area contributed by atoms with Crippen molar-refractivity contribution in [1.29, 1.82) is 0 Å². The molecule has 17 heavy (non-hydrogen) atoms. The Balaban J connectivity index is 2.37. The molecular weight excluding hydrogens is 220 g/mol. The van der Waals surface area contributed by atoms with Crippen molar-refractivity contribution in [3.8, 4) is 5.75 Å². The molecule has 0 saturated heterocycles. The fourth-order valence-corrected chi connectivity index (χ4v) is 1.42. The molecule has 1 aromatic rings. The lowest BCUT2D eigenvalue weighted by molar-refractivity contribution is 0.0817. The van der Waals surface area contributed by atoms with Crippen LogP contribution in [0.3, 0.4) is 0 Å². The Hall–Kier alpha value is -1.91. The van der Waals surface area contributed by atoms with E-state index in [1.54, 1.807) is 20.2 Å². The van der Waals surface area contributed by atoms with E-state index < -0.39 is 0 Å². The number of pyridine rings is 1. The number of aldehydes is 1. The van der Waals surface area contributed by atoms with E-state index >= 15 is 0 Å². The average Bonchev–Trinajstić information content (AvgIpc) is 3.11. The number of carbonyl (C=O) groups is 2. The second kappa shape index (κ2) is 4.53. The van der Waals surface area contributed by atoms with E-state index in [1.807, 2.05) is 0 Å². The van der Waals surface area contributed by atoms with E-state index in [9.17, 15) is 9.59 Å². The van der Waals surface area contributed by atoms with Gasteiger partial charge in [0.2, 0.25) is 0 Å². The summed E-state index contributed by atoms with van der Waals surface area (Å²) in [5.41, 5.74) is 0.376. The predicted octanol–water partition coefficient (Wildman–Crippen LogP) is 1.14. The Labute approximate surface area is 99.4 Å². The lowest BCUT2D eigenvalue weighted by Crippen LogP contribution is -2.24. The van der Waals surface area contributed by atoms with Crippen molar-refractivity contribution in [2.75, 3.05) is 14.1 Å². The zero-order valence-corrected chi connectivity index (χ0v) is 9.84.